The van der Waals surface area contributed by atoms with Crippen molar-refractivity contribution in [3.8, 4) is 0 Å². The van der Waals surface area contributed by atoms with Crippen LogP contribution in [0.3, 0.4) is 0 Å². The summed E-state index contributed by atoms with van der Waals surface area (Å²) in [4.78, 5) is 0. The van der Waals surface area contributed by atoms with Crippen molar-refractivity contribution < 1.29 is 9.84 Å². The molecule has 3 nitrogen and oxygen atoms in total. The molecule has 0 saturated carbocycles. The van der Waals surface area contributed by atoms with E-state index in [0.29, 0.717) is 6.04 Å². The molecule has 2 N–H and O–H groups in total. The third-order valence-corrected chi connectivity index (χ3v) is 3.63. The monoisotopic (exact) mass is 257 g/mol. The molecule has 1 heterocycles. The molecule has 0 amide bonds. The van der Waals surface area contributed by atoms with Crippen LogP contribution in [-0.4, -0.2) is 37.0 Å². The van der Waals surface area contributed by atoms with Crippen LogP contribution in [0.2, 0.25) is 0 Å². The standard InChI is InChI=1S/C15H31NO2/c1-12(9-13-5-7-18-8-6-13)16-14(11-17)10-15(2,3)4/h12-14,16-17H,5-11H2,1-4H3. The van der Waals surface area contributed by atoms with Gasteiger partial charge in [-0.15, -0.1) is 0 Å². The first kappa shape index (κ1) is 15.9. The molecule has 1 fully saturated rings. The van der Waals surface area contributed by atoms with E-state index < -0.39 is 0 Å². The lowest BCUT2D eigenvalue weighted by atomic mass is 9.87. The molecule has 3 heteroatoms. The van der Waals surface area contributed by atoms with Crippen molar-refractivity contribution in [3.63, 3.8) is 0 Å². The summed E-state index contributed by atoms with van der Waals surface area (Å²) in [6.07, 6.45) is 4.59. The Kier molecular flexibility index (Phi) is 6.61. The molecule has 0 spiro atoms. The van der Waals surface area contributed by atoms with Crippen molar-refractivity contribution in [1.29, 1.82) is 0 Å². The summed E-state index contributed by atoms with van der Waals surface area (Å²) in [6.45, 7) is 11.0. The Balaban J connectivity index is 2.29. The van der Waals surface area contributed by atoms with Crippen molar-refractivity contribution >= 4 is 0 Å². The van der Waals surface area contributed by atoms with E-state index in [1.807, 2.05) is 0 Å². The van der Waals surface area contributed by atoms with Crippen LogP contribution in [0.4, 0.5) is 0 Å². The maximum Gasteiger partial charge on any atom is 0.0584 e. The van der Waals surface area contributed by atoms with Crippen molar-refractivity contribution in [3.05, 3.63) is 0 Å². The fraction of sp³-hybridized carbons (Fsp3) is 1.00. The second kappa shape index (κ2) is 7.46. The maximum atomic E-state index is 9.46. The van der Waals surface area contributed by atoms with Crippen LogP contribution in [-0.2, 0) is 4.74 Å². The molecular weight excluding hydrogens is 226 g/mol. The lowest BCUT2D eigenvalue weighted by Crippen LogP contribution is -2.42. The van der Waals surface area contributed by atoms with Crippen molar-refractivity contribution in [2.45, 2.75) is 65.5 Å². The van der Waals surface area contributed by atoms with Gasteiger partial charge in [0.15, 0.2) is 0 Å². The molecular formula is C15H31NO2. The highest BCUT2D eigenvalue weighted by Gasteiger charge is 2.22. The van der Waals surface area contributed by atoms with Gasteiger partial charge < -0.3 is 15.2 Å². The van der Waals surface area contributed by atoms with E-state index in [4.69, 9.17) is 4.74 Å². The summed E-state index contributed by atoms with van der Waals surface area (Å²) >= 11 is 0. The SMILES string of the molecule is CC(CC1CCOCC1)NC(CO)CC(C)(C)C. The summed E-state index contributed by atoms with van der Waals surface area (Å²) < 4.78 is 5.39. The van der Waals surface area contributed by atoms with E-state index in [0.717, 1.165) is 25.6 Å². The zero-order valence-electron chi connectivity index (χ0n) is 12.5. The van der Waals surface area contributed by atoms with Crippen molar-refractivity contribution in [1.82, 2.24) is 5.32 Å². The molecule has 1 aliphatic heterocycles. The third kappa shape index (κ3) is 6.72. The molecule has 18 heavy (non-hydrogen) atoms. The zero-order valence-corrected chi connectivity index (χ0v) is 12.5. The van der Waals surface area contributed by atoms with Gasteiger partial charge in [-0.3, -0.25) is 0 Å². The van der Waals surface area contributed by atoms with Crippen LogP contribution >= 0.6 is 0 Å². The Labute approximate surface area is 112 Å². The van der Waals surface area contributed by atoms with Crippen LogP contribution in [0, 0.1) is 11.3 Å². The topological polar surface area (TPSA) is 41.5 Å². The average Bonchev–Trinajstić information content (AvgIpc) is 2.27. The van der Waals surface area contributed by atoms with Gasteiger partial charge in [0, 0.05) is 25.3 Å². The molecule has 0 aromatic rings. The smallest absolute Gasteiger partial charge is 0.0584 e. The second-order valence-electron chi connectivity index (χ2n) is 7.00. The predicted octanol–water partition coefficient (Wildman–Crippen LogP) is 2.58. The minimum absolute atomic E-state index is 0.222. The van der Waals surface area contributed by atoms with Gasteiger partial charge in [0.1, 0.15) is 0 Å². The predicted molar refractivity (Wildman–Crippen MR) is 75.7 cm³/mol. The number of rotatable bonds is 6. The first-order chi connectivity index (χ1) is 8.40. The second-order valence-corrected chi connectivity index (χ2v) is 7.00. The van der Waals surface area contributed by atoms with E-state index in [1.54, 1.807) is 0 Å². The van der Waals surface area contributed by atoms with Gasteiger partial charge in [-0.05, 0) is 43.9 Å². The fourth-order valence-electron chi connectivity index (χ4n) is 2.87. The summed E-state index contributed by atoms with van der Waals surface area (Å²) in [7, 11) is 0. The molecule has 0 aliphatic carbocycles. The minimum atomic E-state index is 0.222. The number of aliphatic hydroxyl groups excluding tert-OH is 1. The third-order valence-electron chi connectivity index (χ3n) is 3.63. The Morgan fingerprint density at radius 2 is 1.89 bits per heavy atom. The fourth-order valence-corrected chi connectivity index (χ4v) is 2.87. The normalized spacial score (nSPS) is 21.8. The lowest BCUT2D eigenvalue weighted by molar-refractivity contribution is 0.0598. The number of hydrogen-bond acceptors (Lipinski definition) is 3. The number of aliphatic hydroxyl groups is 1. The molecule has 1 rings (SSSR count). The lowest BCUT2D eigenvalue weighted by Gasteiger charge is -2.30. The van der Waals surface area contributed by atoms with Gasteiger partial charge in [-0.2, -0.15) is 0 Å². The van der Waals surface area contributed by atoms with Gasteiger partial charge in [0.25, 0.3) is 0 Å². The Bertz CT molecular complexity index is 219. The molecule has 0 aromatic carbocycles. The van der Waals surface area contributed by atoms with Gasteiger partial charge in [0.2, 0.25) is 0 Å². The first-order valence-corrected chi connectivity index (χ1v) is 7.35. The molecule has 2 atom stereocenters. The largest absolute Gasteiger partial charge is 0.395 e. The molecule has 0 aromatic heterocycles. The summed E-state index contributed by atoms with van der Waals surface area (Å²) in [5.41, 5.74) is 0.263. The van der Waals surface area contributed by atoms with Crippen LogP contribution in [0.5, 0.6) is 0 Å². The van der Waals surface area contributed by atoms with E-state index in [-0.39, 0.29) is 18.1 Å². The number of nitrogens with one attached hydrogen (secondary N) is 1. The van der Waals surface area contributed by atoms with Crippen LogP contribution in [0.1, 0.15) is 53.4 Å². The van der Waals surface area contributed by atoms with Crippen molar-refractivity contribution in [2.75, 3.05) is 19.8 Å². The van der Waals surface area contributed by atoms with E-state index in [2.05, 4.69) is 33.0 Å². The van der Waals surface area contributed by atoms with E-state index in [9.17, 15) is 5.11 Å². The van der Waals surface area contributed by atoms with E-state index in [1.165, 1.54) is 19.3 Å². The van der Waals surface area contributed by atoms with Gasteiger partial charge in [0.05, 0.1) is 6.61 Å². The molecule has 1 saturated heterocycles. The molecule has 1 aliphatic rings. The summed E-state index contributed by atoms with van der Waals surface area (Å²) in [5, 5.41) is 13.0. The highest BCUT2D eigenvalue weighted by atomic mass is 16.5. The molecule has 0 radical (unpaired) electrons. The highest BCUT2D eigenvalue weighted by Crippen LogP contribution is 2.23. The van der Waals surface area contributed by atoms with Gasteiger partial charge in [-0.25, -0.2) is 0 Å². The number of ether oxygens (including phenoxy) is 1. The van der Waals surface area contributed by atoms with Crippen LogP contribution in [0.15, 0.2) is 0 Å². The van der Waals surface area contributed by atoms with E-state index >= 15 is 0 Å². The first-order valence-electron chi connectivity index (χ1n) is 7.35. The Morgan fingerprint density at radius 3 is 2.39 bits per heavy atom. The maximum absolute atomic E-state index is 9.46. The zero-order chi connectivity index (χ0) is 13.6. The van der Waals surface area contributed by atoms with Gasteiger partial charge in [-0.1, -0.05) is 20.8 Å². The quantitative estimate of drug-likeness (QED) is 0.768. The Morgan fingerprint density at radius 1 is 1.28 bits per heavy atom. The number of hydrogen-bond donors (Lipinski definition) is 2. The minimum Gasteiger partial charge on any atom is -0.395 e. The Hall–Kier alpha value is -0.120. The highest BCUT2D eigenvalue weighted by molar-refractivity contribution is 4.78. The summed E-state index contributed by atoms with van der Waals surface area (Å²) in [5.74, 6) is 0.787. The molecule has 2 unspecified atom stereocenters. The molecule has 0 bridgehead atoms. The molecule has 108 valence electrons. The van der Waals surface area contributed by atoms with Crippen LogP contribution in [0.25, 0.3) is 0 Å². The summed E-state index contributed by atoms with van der Waals surface area (Å²) in [6, 6.07) is 0.701. The van der Waals surface area contributed by atoms with Gasteiger partial charge >= 0.3 is 0 Å². The van der Waals surface area contributed by atoms with Crippen molar-refractivity contribution in [2.24, 2.45) is 11.3 Å². The van der Waals surface area contributed by atoms with Crippen LogP contribution < -0.4 is 5.32 Å². The average molecular weight is 257 g/mol.